The first-order chi connectivity index (χ1) is 17.9. The number of aromatic nitrogens is 4. The summed E-state index contributed by atoms with van der Waals surface area (Å²) in [6, 6.07) is 13.6. The Labute approximate surface area is 214 Å². The summed E-state index contributed by atoms with van der Waals surface area (Å²) >= 11 is 0. The van der Waals surface area contributed by atoms with Crippen molar-refractivity contribution in [3.8, 4) is 5.69 Å². The Morgan fingerprint density at radius 2 is 2.00 bits per heavy atom. The fourth-order valence-corrected chi connectivity index (χ4v) is 5.83. The van der Waals surface area contributed by atoms with Gasteiger partial charge in [0, 0.05) is 55.1 Å². The molecule has 2 aliphatic rings. The molecule has 1 N–H and O–H groups in total. The van der Waals surface area contributed by atoms with Crippen LogP contribution in [0.4, 0.5) is 10.1 Å². The van der Waals surface area contributed by atoms with Crippen molar-refractivity contribution < 1.29 is 14.3 Å². The summed E-state index contributed by atoms with van der Waals surface area (Å²) in [5.74, 6) is -1.29. The van der Waals surface area contributed by atoms with Crippen LogP contribution in [0, 0.1) is 12.7 Å². The largest absolute Gasteiger partial charge is 0.476 e. The molecule has 0 radical (unpaired) electrons. The second-order valence-electron chi connectivity index (χ2n) is 10.0. The number of hydrogen-bond donors (Lipinski definition) is 1. The van der Waals surface area contributed by atoms with Crippen LogP contribution in [0.1, 0.15) is 39.9 Å². The minimum atomic E-state index is -1.04. The van der Waals surface area contributed by atoms with E-state index in [-0.39, 0.29) is 11.5 Å². The number of carbonyl (C=O) groups is 1. The third-order valence-electron chi connectivity index (χ3n) is 7.72. The van der Waals surface area contributed by atoms with Gasteiger partial charge in [0.05, 0.1) is 16.9 Å². The van der Waals surface area contributed by atoms with Gasteiger partial charge >= 0.3 is 5.97 Å². The van der Waals surface area contributed by atoms with Crippen molar-refractivity contribution in [2.75, 3.05) is 31.1 Å². The lowest BCUT2D eigenvalue weighted by Gasteiger charge is -2.41. The smallest absolute Gasteiger partial charge is 0.358 e. The van der Waals surface area contributed by atoms with Crippen molar-refractivity contribution in [1.82, 2.24) is 24.9 Å². The van der Waals surface area contributed by atoms with Crippen molar-refractivity contribution >= 4 is 22.6 Å². The second kappa shape index (κ2) is 9.23. The quantitative estimate of drug-likeness (QED) is 0.446. The van der Waals surface area contributed by atoms with Crippen LogP contribution < -0.4 is 4.90 Å². The van der Waals surface area contributed by atoms with Crippen molar-refractivity contribution in [3.05, 3.63) is 76.5 Å². The van der Waals surface area contributed by atoms with E-state index in [0.717, 1.165) is 61.5 Å². The zero-order chi connectivity index (χ0) is 25.7. The van der Waals surface area contributed by atoms with E-state index < -0.39 is 5.97 Å². The summed E-state index contributed by atoms with van der Waals surface area (Å²) in [6.07, 6.45) is 2.29. The molecule has 0 bridgehead atoms. The predicted molar refractivity (Wildman–Crippen MR) is 139 cm³/mol. The number of halogens is 1. The number of nitrogens with zero attached hydrogens (tertiary/aromatic N) is 6. The molecule has 2 aromatic carbocycles. The van der Waals surface area contributed by atoms with E-state index in [2.05, 4.69) is 38.1 Å². The molecule has 1 fully saturated rings. The molecule has 0 spiro atoms. The van der Waals surface area contributed by atoms with Gasteiger partial charge < -0.3 is 10.0 Å². The topological polar surface area (TPSA) is 87.4 Å². The van der Waals surface area contributed by atoms with Crippen LogP contribution in [0.15, 0.2) is 42.5 Å². The number of hydrogen-bond acceptors (Lipinski definition) is 6. The molecule has 2 aliphatic heterocycles. The highest BCUT2D eigenvalue weighted by Gasteiger charge is 2.28. The van der Waals surface area contributed by atoms with E-state index in [4.69, 9.17) is 0 Å². The number of carboxylic acid groups (broad SMARTS) is 1. The van der Waals surface area contributed by atoms with Crippen molar-refractivity contribution in [2.45, 2.75) is 39.2 Å². The van der Waals surface area contributed by atoms with E-state index in [1.807, 2.05) is 31.2 Å². The maximum Gasteiger partial charge on any atom is 0.358 e. The molecule has 9 heteroatoms. The van der Waals surface area contributed by atoms with E-state index in [9.17, 15) is 14.3 Å². The van der Waals surface area contributed by atoms with Crippen LogP contribution >= 0.6 is 0 Å². The molecule has 1 unspecified atom stereocenters. The Morgan fingerprint density at radius 3 is 2.81 bits per heavy atom. The zero-order valence-electron chi connectivity index (χ0n) is 21.0. The minimum absolute atomic E-state index is 0.0414. The highest BCUT2D eigenvalue weighted by atomic mass is 19.1. The third kappa shape index (κ3) is 4.23. The Hall–Kier alpha value is -3.85. The molecule has 6 rings (SSSR count). The van der Waals surface area contributed by atoms with Crippen LogP contribution in [-0.2, 0) is 19.3 Å². The average molecular weight is 501 g/mol. The molecule has 190 valence electrons. The molecule has 37 heavy (non-hydrogen) atoms. The molecule has 4 heterocycles. The zero-order valence-corrected chi connectivity index (χ0v) is 21.0. The lowest BCUT2D eigenvalue weighted by Crippen LogP contribution is -2.52. The molecule has 2 aromatic heterocycles. The van der Waals surface area contributed by atoms with Gasteiger partial charge in [-0.3, -0.25) is 9.88 Å². The standard InChI is InChI=1S/C28H29FN6O2/c1-17-6-7-22-23(30-17)14-20(29)15-26(22)34-13-12-33(18(2)16-34)11-10-19-4-3-5-24-21(19)8-9-25-27(28(36)37)31-32-35(24)25/h3-7,14-15,18H,8-13,16H2,1-2H3,(H,36,37). The molecular weight excluding hydrogens is 471 g/mol. The van der Waals surface area contributed by atoms with E-state index in [0.29, 0.717) is 23.7 Å². The average Bonchev–Trinajstić information content (AvgIpc) is 3.32. The lowest BCUT2D eigenvalue weighted by atomic mass is 9.94. The van der Waals surface area contributed by atoms with Crippen molar-refractivity contribution in [1.29, 1.82) is 0 Å². The highest BCUT2D eigenvalue weighted by Crippen LogP contribution is 2.31. The van der Waals surface area contributed by atoms with Crippen LogP contribution in [0.25, 0.3) is 16.6 Å². The van der Waals surface area contributed by atoms with Crippen LogP contribution in [0.3, 0.4) is 0 Å². The van der Waals surface area contributed by atoms with E-state index in [1.165, 1.54) is 17.2 Å². The Bertz CT molecular complexity index is 1510. The summed E-state index contributed by atoms with van der Waals surface area (Å²) < 4.78 is 16.1. The Balaban J connectivity index is 1.17. The van der Waals surface area contributed by atoms with Gasteiger partial charge in [-0.2, -0.15) is 0 Å². The minimum Gasteiger partial charge on any atom is -0.476 e. The fraction of sp³-hybridized carbons (Fsp3) is 0.357. The molecule has 0 aliphatic carbocycles. The maximum absolute atomic E-state index is 14.4. The number of fused-ring (bicyclic) bond motifs is 4. The summed E-state index contributed by atoms with van der Waals surface area (Å²) in [6.45, 7) is 7.60. The summed E-state index contributed by atoms with van der Waals surface area (Å²) in [5.41, 5.74) is 6.61. The number of anilines is 1. The van der Waals surface area contributed by atoms with Gasteiger partial charge in [-0.05, 0) is 68.5 Å². The summed E-state index contributed by atoms with van der Waals surface area (Å²) in [4.78, 5) is 20.8. The number of pyridine rings is 1. The molecule has 8 nitrogen and oxygen atoms in total. The Morgan fingerprint density at radius 1 is 1.14 bits per heavy atom. The summed E-state index contributed by atoms with van der Waals surface area (Å²) in [5, 5.41) is 18.4. The van der Waals surface area contributed by atoms with Gasteiger partial charge in [0.15, 0.2) is 5.69 Å². The number of piperazine rings is 1. The van der Waals surface area contributed by atoms with Crippen molar-refractivity contribution in [3.63, 3.8) is 0 Å². The predicted octanol–water partition coefficient (Wildman–Crippen LogP) is 3.81. The highest BCUT2D eigenvalue weighted by molar-refractivity contribution is 5.92. The van der Waals surface area contributed by atoms with Gasteiger partial charge in [0.1, 0.15) is 5.82 Å². The van der Waals surface area contributed by atoms with Crippen LogP contribution in [-0.4, -0.2) is 68.2 Å². The van der Waals surface area contributed by atoms with Crippen LogP contribution in [0.5, 0.6) is 0 Å². The Kier molecular flexibility index (Phi) is 5.87. The van der Waals surface area contributed by atoms with E-state index in [1.54, 1.807) is 10.7 Å². The molecule has 0 amide bonds. The van der Waals surface area contributed by atoms with Gasteiger partial charge in [0.2, 0.25) is 0 Å². The lowest BCUT2D eigenvalue weighted by molar-refractivity contribution is 0.0689. The van der Waals surface area contributed by atoms with Gasteiger partial charge in [-0.1, -0.05) is 17.3 Å². The number of benzene rings is 2. The first-order valence-electron chi connectivity index (χ1n) is 12.7. The normalized spacial score (nSPS) is 17.6. The second-order valence-corrected chi connectivity index (χ2v) is 10.0. The molecule has 0 saturated carbocycles. The number of aromatic carboxylic acids is 1. The van der Waals surface area contributed by atoms with Gasteiger partial charge in [-0.25, -0.2) is 13.9 Å². The first-order valence-corrected chi connectivity index (χ1v) is 12.7. The molecule has 1 saturated heterocycles. The van der Waals surface area contributed by atoms with Gasteiger partial charge in [-0.15, -0.1) is 5.10 Å². The molecular formula is C28H29FN6O2. The molecule has 1 atom stereocenters. The maximum atomic E-state index is 14.4. The van der Waals surface area contributed by atoms with Crippen molar-refractivity contribution in [2.24, 2.45) is 0 Å². The monoisotopic (exact) mass is 500 g/mol. The number of carboxylic acids is 1. The summed E-state index contributed by atoms with van der Waals surface area (Å²) in [7, 11) is 0. The number of rotatable bonds is 5. The third-order valence-corrected chi connectivity index (χ3v) is 7.72. The molecule has 4 aromatic rings. The van der Waals surface area contributed by atoms with Crippen LogP contribution in [0.2, 0.25) is 0 Å². The SMILES string of the molecule is Cc1ccc2c(N3CCN(CCc4cccc5c4CCc4c(C(=O)O)nnn4-5)C(C)C3)cc(F)cc2n1. The fourth-order valence-electron chi connectivity index (χ4n) is 5.83. The van der Waals surface area contributed by atoms with Gasteiger partial charge in [0.25, 0.3) is 0 Å². The first kappa shape index (κ1) is 23.5. The van der Waals surface area contributed by atoms with E-state index >= 15 is 0 Å². The number of aryl methyl sites for hydroxylation is 1.